The van der Waals surface area contributed by atoms with Gasteiger partial charge in [-0.15, -0.1) is 10.2 Å². The van der Waals surface area contributed by atoms with Gasteiger partial charge in [0.05, 0.1) is 5.75 Å². The lowest BCUT2D eigenvalue weighted by atomic mass is 10.0. The molecule has 0 unspecified atom stereocenters. The van der Waals surface area contributed by atoms with Gasteiger partial charge in [-0.05, 0) is 39.1 Å². The summed E-state index contributed by atoms with van der Waals surface area (Å²) in [7, 11) is 2.23. The zero-order chi connectivity index (χ0) is 12.8. The van der Waals surface area contributed by atoms with Gasteiger partial charge in [-0.3, -0.25) is 0 Å². The zero-order valence-corrected chi connectivity index (χ0v) is 12.7. The second-order valence-electron chi connectivity index (χ2n) is 4.66. The molecule has 4 nitrogen and oxygen atoms in total. The minimum absolute atomic E-state index is 0.720. The third-order valence-corrected chi connectivity index (χ3v) is 4.70. The average Bonchev–Trinajstić information content (AvgIpc) is 2.80. The predicted molar refractivity (Wildman–Crippen MR) is 77.1 cm³/mol. The molecule has 1 aromatic rings. The Morgan fingerprint density at radius 3 is 3.06 bits per heavy atom. The van der Waals surface area contributed by atoms with E-state index in [1.165, 1.54) is 32.2 Å². The Balaban J connectivity index is 1.70. The molecule has 0 saturated carbocycles. The van der Waals surface area contributed by atoms with Crippen molar-refractivity contribution in [1.82, 2.24) is 15.1 Å². The molecule has 0 N–H and O–H groups in total. The molecule has 1 atom stereocenters. The molecule has 2 heterocycles. The summed E-state index contributed by atoms with van der Waals surface area (Å²) in [5.41, 5.74) is 0. The summed E-state index contributed by atoms with van der Waals surface area (Å²) in [6.07, 6.45) is 7.30. The van der Waals surface area contributed by atoms with E-state index in [0.29, 0.717) is 0 Å². The Kier molecular flexibility index (Phi) is 5.85. The summed E-state index contributed by atoms with van der Waals surface area (Å²) < 4.78 is 5.55. The summed E-state index contributed by atoms with van der Waals surface area (Å²) in [5, 5.41) is 8.79. The number of nitrogens with zero attached hydrogens (tertiary/aromatic N) is 3. The molecule has 18 heavy (non-hydrogen) atoms. The number of hydrogen-bond acceptors (Lipinski definition) is 6. The predicted octanol–water partition coefficient (Wildman–Crippen LogP) is 2.90. The first kappa shape index (κ1) is 14.2. The van der Waals surface area contributed by atoms with Crippen molar-refractivity contribution in [3.05, 3.63) is 5.89 Å². The molecule has 0 spiro atoms. The molecule has 1 saturated heterocycles. The van der Waals surface area contributed by atoms with Crippen molar-refractivity contribution in [3.63, 3.8) is 0 Å². The molecule has 1 aliphatic heterocycles. The Bertz CT molecular complexity index is 359. The third-order valence-electron chi connectivity index (χ3n) is 3.31. The van der Waals surface area contributed by atoms with E-state index in [4.69, 9.17) is 4.42 Å². The first-order valence-corrected chi connectivity index (χ1v) is 8.82. The molecule has 0 radical (unpaired) electrons. The topological polar surface area (TPSA) is 42.2 Å². The van der Waals surface area contributed by atoms with Gasteiger partial charge in [-0.1, -0.05) is 18.2 Å². The summed E-state index contributed by atoms with van der Waals surface area (Å²) in [5.74, 6) is 2.61. The molecule has 0 amide bonds. The van der Waals surface area contributed by atoms with E-state index in [-0.39, 0.29) is 0 Å². The molecule has 102 valence electrons. The summed E-state index contributed by atoms with van der Waals surface area (Å²) in [4.78, 5) is 2.48. The van der Waals surface area contributed by atoms with Crippen molar-refractivity contribution in [2.45, 2.75) is 42.7 Å². The van der Waals surface area contributed by atoms with Crippen molar-refractivity contribution < 1.29 is 4.42 Å². The standard InChI is InChI=1S/C12H21N3OS2/c1-15-7-4-3-5-10(15)6-8-18-12-14-13-11(16-12)9-17-2/h10H,3-9H2,1-2H3/t10-/m1/s1. The fourth-order valence-corrected chi connectivity index (χ4v) is 3.45. The van der Waals surface area contributed by atoms with Crippen molar-refractivity contribution in [2.75, 3.05) is 25.6 Å². The number of rotatable bonds is 6. The van der Waals surface area contributed by atoms with Crippen molar-refractivity contribution in [3.8, 4) is 0 Å². The van der Waals surface area contributed by atoms with E-state index in [1.807, 2.05) is 6.26 Å². The normalized spacial score (nSPS) is 21.3. The van der Waals surface area contributed by atoms with Crippen LogP contribution >= 0.6 is 23.5 Å². The van der Waals surface area contributed by atoms with Gasteiger partial charge >= 0.3 is 0 Å². The van der Waals surface area contributed by atoms with Gasteiger partial charge in [0.2, 0.25) is 5.89 Å². The van der Waals surface area contributed by atoms with Gasteiger partial charge in [0.1, 0.15) is 0 Å². The van der Waals surface area contributed by atoms with Crippen molar-refractivity contribution in [1.29, 1.82) is 0 Å². The zero-order valence-electron chi connectivity index (χ0n) is 11.1. The van der Waals surface area contributed by atoms with E-state index in [1.54, 1.807) is 23.5 Å². The van der Waals surface area contributed by atoms with E-state index >= 15 is 0 Å². The lowest BCUT2D eigenvalue weighted by Crippen LogP contribution is -2.36. The minimum atomic E-state index is 0.720. The molecule has 1 aliphatic rings. The highest BCUT2D eigenvalue weighted by Crippen LogP contribution is 2.23. The fourth-order valence-electron chi connectivity index (χ4n) is 2.27. The molecule has 1 fully saturated rings. The van der Waals surface area contributed by atoms with Gasteiger partial charge in [0.15, 0.2) is 0 Å². The SMILES string of the molecule is CSCc1nnc(SCC[C@H]2CCCCN2C)o1. The van der Waals surface area contributed by atoms with Crippen LogP contribution in [0.5, 0.6) is 0 Å². The van der Waals surface area contributed by atoms with E-state index in [9.17, 15) is 0 Å². The monoisotopic (exact) mass is 287 g/mol. The van der Waals surface area contributed by atoms with E-state index < -0.39 is 0 Å². The fraction of sp³-hybridized carbons (Fsp3) is 0.833. The van der Waals surface area contributed by atoms with Crippen LogP contribution in [0, 0.1) is 0 Å². The van der Waals surface area contributed by atoms with Gasteiger partial charge < -0.3 is 9.32 Å². The van der Waals surface area contributed by atoms with Crippen molar-refractivity contribution >= 4 is 23.5 Å². The Morgan fingerprint density at radius 1 is 1.39 bits per heavy atom. The first-order chi connectivity index (χ1) is 8.79. The average molecular weight is 287 g/mol. The highest BCUT2D eigenvalue weighted by Gasteiger charge is 2.18. The molecule has 6 heteroatoms. The Morgan fingerprint density at radius 2 is 2.28 bits per heavy atom. The molecule has 0 aromatic carbocycles. The largest absolute Gasteiger partial charge is 0.415 e. The highest BCUT2D eigenvalue weighted by molar-refractivity contribution is 7.99. The van der Waals surface area contributed by atoms with Gasteiger partial charge in [0, 0.05) is 11.8 Å². The van der Waals surface area contributed by atoms with Gasteiger partial charge in [-0.2, -0.15) is 11.8 Å². The number of aromatic nitrogens is 2. The van der Waals surface area contributed by atoms with Crippen LogP contribution in [0.25, 0.3) is 0 Å². The van der Waals surface area contributed by atoms with Gasteiger partial charge in [0.25, 0.3) is 5.22 Å². The van der Waals surface area contributed by atoms with Crippen LogP contribution < -0.4 is 0 Å². The van der Waals surface area contributed by atoms with Crippen molar-refractivity contribution in [2.24, 2.45) is 0 Å². The molecular formula is C12H21N3OS2. The van der Waals surface area contributed by atoms with E-state index in [0.717, 1.165) is 28.7 Å². The van der Waals surface area contributed by atoms with Crippen LogP contribution in [0.1, 0.15) is 31.6 Å². The van der Waals surface area contributed by atoms with Crippen LogP contribution in [0.2, 0.25) is 0 Å². The lowest BCUT2D eigenvalue weighted by molar-refractivity contribution is 0.182. The maximum atomic E-state index is 5.55. The summed E-state index contributed by atoms with van der Waals surface area (Å²) >= 11 is 3.39. The Labute approximate surface area is 117 Å². The number of piperidine rings is 1. The minimum Gasteiger partial charge on any atom is -0.415 e. The second kappa shape index (κ2) is 7.40. The van der Waals surface area contributed by atoms with Gasteiger partial charge in [-0.25, -0.2) is 0 Å². The highest BCUT2D eigenvalue weighted by atomic mass is 32.2. The van der Waals surface area contributed by atoms with Crippen LogP contribution in [0.3, 0.4) is 0 Å². The van der Waals surface area contributed by atoms with Crippen LogP contribution in [-0.4, -0.2) is 46.7 Å². The van der Waals surface area contributed by atoms with E-state index in [2.05, 4.69) is 22.1 Å². The first-order valence-electron chi connectivity index (χ1n) is 6.44. The van der Waals surface area contributed by atoms with Crippen LogP contribution in [0.4, 0.5) is 0 Å². The molecule has 0 aliphatic carbocycles. The summed E-state index contributed by atoms with van der Waals surface area (Å²) in [6.45, 7) is 1.24. The second-order valence-corrected chi connectivity index (χ2v) is 6.57. The smallest absolute Gasteiger partial charge is 0.276 e. The lowest BCUT2D eigenvalue weighted by Gasteiger charge is -2.32. The maximum Gasteiger partial charge on any atom is 0.276 e. The third kappa shape index (κ3) is 4.17. The molecule has 0 bridgehead atoms. The quantitative estimate of drug-likeness (QED) is 0.749. The molecule has 1 aromatic heterocycles. The van der Waals surface area contributed by atoms with Crippen LogP contribution in [-0.2, 0) is 5.75 Å². The molecule has 2 rings (SSSR count). The Hall–Kier alpha value is -0.200. The summed E-state index contributed by atoms with van der Waals surface area (Å²) in [6, 6.07) is 0.736. The van der Waals surface area contributed by atoms with Crippen LogP contribution in [0.15, 0.2) is 9.64 Å². The number of thioether (sulfide) groups is 2. The molecular weight excluding hydrogens is 266 g/mol. The maximum absolute atomic E-state index is 5.55. The number of likely N-dealkylation sites (tertiary alicyclic amines) is 1. The number of hydrogen-bond donors (Lipinski definition) is 0.